The molecule has 1 unspecified atom stereocenters. The van der Waals surface area contributed by atoms with Gasteiger partial charge in [0.2, 0.25) is 0 Å². The number of thiophene rings is 1. The fraction of sp³-hybridized carbons (Fsp3) is 0.333. The van der Waals surface area contributed by atoms with E-state index in [1.165, 1.54) is 6.07 Å². The number of halogens is 1. The molecule has 6 heteroatoms. The van der Waals surface area contributed by atoms with Crippen molar-refractivity contribution in [2.45, 2.75) is 6.10 Å². The molecule has 0 aromatic carbocycles. The Kier molecular flexibility index (Phi) is 3.19. The second-order valence-electron chi connectivity index (χ2n) is 2.10. The lowest BCUT2D eigenvalue weighted by Gasteiger charge is -1.99. The van der Waals surface area contributed by atoms with Gasteiger partial charge in [0.15, 0.2) is 0 Å². The van der Waals surface area contributed by atoms with Crippen molar-refractivity contribution in [2.75, 3.05) is 5.33 Å². The molecule has 0 bridgehead atoms. The first-order valence-corrected chi connectivity index (χ1v) is 5.07. The predicted molar refractivity (Wildman–Crippen MR) is 49.7 cm³/mol. The van der Waals surface area contributed by atoms with Crippen molar-refractivity contribution in [3.63, 3.8) is 0 Å². The molecule has 0 aliphatic heterocycles. The highest BCUT2D eigenvalue weighted by atomic mass is 79.9. The first-order valence-electron chi connectivity index (χ1n) is 3.13. The molecule has 1 rings (SSSR count). The number of hydrogen-bond donors (Lipinski definition) is 1. The van der Waals surface area contributed by atoms with Gasteiger partial charge in [-0.2, -0.15) is 0 Å². The Morgan fingerprint density at radius 2 is 2.42 bits per heavy atom. The highest BCUT2D eigenvalue weighted by molar-refractivity contribution is 9.09. The summed E-state index contributed by atoms with van der Waals surface area (Å²) in [6.45, 7) is 0. The highest BCUT2D eigenvalue weighted by Crippen LogP contribution is 2.29. The van der Waals surface area contributed by atoms with Gasteiger partial charge in [-0.15, -0.1) is 0 Å². The van der Waals surface area contributed by atoms with Crippen LogP contribution in [-0.4, -0.2) is 15.4 Å². The second kappa shape index (κ2) is 3.97. The minimum atomic E-state index is -0.649. The van der Waals surface area contributed by atoms with Gasteiger partial charge in [0, 0.05) is 16.3 Å². The summed E-state index contributed by atoms with van der Waals surface area (Å²) >= 11 is 4.08. The zero-order chi connectivity index (χ0) is 9.14. The van der Waals surface area contributed by atoms with E-state index >= 15 is 0 Å². The van der Waals surface area contributed by atoms with E-state index < -0.39 is 11.0 Å². The number of nitro groups is 1. The highest BCUT2D eigenvalue weighted by Gasteiger charge is 2.14. The summed E-state index contributed by atoms with van der Waals surface area (Å²) in [5, 5.41) is 20.0. The topological polar surface area (TPSA) is 63.4 Å². The number of aliphatic hydroxyl groups is 1. The van der Waals surface area contributed by atoms with E-state index in [1.807, 2.05) is 0 Å². The summed E-state index contributed by atoms with van der Waals surface area (Å²) in [6.07, 6.45) is -0.649. The van der Waals surface area contributed by atoms with Crippen molar-refractivity contribution in [3.8, 4) is 0 Å². The van der Waals surface area contributed by atoms with E-state index in [0.717, 1.165) is 11.3 Å². The van der Waals surface area contributed by atoms with Crippen molar-refractivity contribution in [1.82, 2.24) is 0 Å². The van der Waals surface area contributed by atoms with E-state index in [1.54, 1.807) is 6.07 Å². The van der Waals surface area contributed by atoms with Crippen LogP contribution < -0.4 is 0 Å². The van der Waals surface area contributed by atoms with Gasteiger partial charge in [-0.1, -0.05) is 27.3 Å². The number of alkyl halides is 1. The van der Waals surface area contributed by atoms with Gasteiger partial charge < -0.3 is 5.11 Å². The van der Waals surface area contributed by atoms with E-state index in [9.17, 15) is 15.2 Å². The maximum atomic E-state index is 10.2. The molecule has 0 aliphatic rings. The Morgan fingerprint density at radius 3 is 2.83 bits per heavy atom. The van der Waals surface area contributed by atoms with E-state index in [-0.39, 0.29) is 5.00 Å². The first-order chi connectivity index (χ1) is 5.65. The van der Waals surface area contributed by atoms with Gasteiger partial charge >= 0.3 is 5.00 Å². The lowest BCUT2D eigenvalue weighted by atomic mass is 10.3. The van der Waals surface area contributed by atoms with Crippen LogP contribution in [0.1, 0.15) is 11.0 Å². The van der Waals surface area contributed by atoms with Gasteiger partial charge in [-0.3, -0.25) is 10.1 Å². The van der Waals surface area contributed by atoms with Crippen molar-refractivity contribution in [1.29, 1.82) is 0 Å². The molecular weight excluding hydrogens is 246 g/mol. The third kappa shape index (κ3) is 2.02. The molecule has 1 atom stereocenters. The largest absolute Gasteiger partial charge is 0.387 e. The fourth-order valence-electron chi connectivity index (χ4n) is 0.695. The van der Waals surface area contributed by atoms with Gasteiger partial charge in [0.25, 0.3) is 0 Å². The summed E-state index contributed by atoms with van der Waals surface area (Å²) in [7, 11) is 0. The maximum Gasteiger partial charge on any atom is 0.324 e. The van der Waals surface area contributed by atoms with Crippen LogP contribution in [0.25, 0.3) is 0 Å². The normalized spacial score (nSPS) is 12.8. The molecule has 1 aromatic rings. The van der Waals surface area contributed by atoms with Crippen LogP contribution in [0.3, 0.4) is 0 Å². The van der Waals surface area contributed by atoms with E-state index in [4.69, 9.17) is 0 Å². The molecular formula is C6H6BrNO3S. The van der Waals surface area contributed by atoms with Crippen LogP contribution in [0.15, 0.2) is 12.1 Å². The summed E-state index contributed by atoms with van der Waals surface area (Å²) in [4.78, 5) is 10.4. The SMILES string of the molecule is O=[N+]([O-])c1ccc(C(O)CBr)s1. The second-order valence-corrected chi connectivity index (χ2v) is 3.84. The van der Waals surface area contributed by atoms with Crippen LogP contribution in [0.2, 0.25) is 0 Å². The lowest BCUT2D eigenvalue weighted by molar-refractivity contribution is -0.380. The Labute approximate surface area is 81.1 Å². The Bertz CT molecular complexity index is 288. The monoisotopic (exact) mass is 251 g/mol. The Morgan fingerprint density at radius 1 is 1.75 bits per heavy atom. The van der Waals surface area contributed by atoms with E-state index in [2.05, 4.69) is 15.9 Å². The number of rotatable bonds is 3. The zero-order valence-electron chi connectivity index (χ0n) is 5.94. The van der Waals surface area contributed by atoms with E-state index in [0.29, 0.717) is 10.2 Å². The van der Waals surface area contributed by atoms with Gasteiger partial charge in [-0.25, -0.2) is 0 Å². The molecule has 12 heavy (non-hydrogen) atoms. The molecule has 0 spiro atoms. The van der Waals surface area contributed by atoms with Crippen LogP contribution in [0.5, 0.6) is 0 Å². The standard InChI is InChI=1S/C6H6BrNO3S/c7-3-4(9)5-1-2-6(12-5)8(10)11/h1-2,4,9H,3H2. The van der Waals surface area contributed by atoms with Crippen LogP contribution in [0, 0.1) is 10.1 Å². The average Bonchev–Trinajstić information content (AvgIpc) is 2.51. The molecule has 0 saturated heterocycles. The van der Waals surface area contributed by atoms with Crippen molar-refractivity contribution < 1.29 is 10.0 Å². The number of aliphatic hydroxyl groups excluding tert-OH is 1. The first kappa shape index (κ1) is 9.63. The average molecular weight is 252 g/mol. The number of nitrogens with zero attached hydrogens (tertiary/aromatic N) is 1. The van der Waals surface area contributed by atoms with Crippen LogP contribution >= 0.6 is 27.3 Å². The van der Waals surface area contributed by atoms with Crippen molar-refractivity contribution >= 4 is 32.3 Å². The smallest absolute Gasteiger partial charge is 0.324 e. The third-order valence-electron chi connectivity index (χ3n) is 1.27. The third-order valence-corrected chi connectivity index (χ3v) is 3.02. The minimum absolute atomic E-state index is 0.0602. The van der Waals surface area contributed by atoms with Gasteiger partial charge in [-0.05, 0) is 6.07 Å². The van der Waals surface area contributed by atoms with Crippen molar-refractivity contribution in [2.24, 2.45) is 0 Å². The Balaban J connectivity index is 2.84. The van der Waals surface area contributed by atoms with Crippen LogP contribution in [-0.2, 0) is 0 Å². The summed E-state index contributed by atoms with van der Waals surface area (Å²) in [5.41, 5.74) is 0. The quantitative estimate of drug-likeness (QED) is 0.509. The van der Waals surface area contributed by atoms with Gasteiger partial charge in [0.1, 0.15) is 0 Å². The Hall–Kier alpha value is -0.460. The molecule has 0 amide bonds. The van der Waals surface area contributed by atoms with Crippen LogP contribution in [0.4, 0.5) is 5.00 Å². The predicted octanol–water partition coefficient (Wildman–Crippen LogP) is 2.08. The molecule has 1 aromatic heterocycles. The zero-order valence-corrected chi connectivity index (χ0v) is 8.34. The maximum absolute atomic E-state index is 10.2. The minimum Gasteiger partial charge on any atom is -0.387 e. The molecule has 66 valence electrons. The molecule has 4 nitrogen and oxygen atoms in total. The number of hydrogen-bond acceptors (Lipinski definition) is 4. The summed E-state index contributed by atoms with van der Waals surface area (Å²) in [5.74, 6) is 0. The molecule has 0 fully saturated rings. The molecule has 1 heterocycles. The van der Waals surface area contributed by atoms with Crippen molar-refractivity contribution in [3.05, 3.63) is 27.1 Å². The molecule has 0 aliphatic carbocycles. The lowest BCUT2D eigenvalue weighted by Crippen LogP contribution is -1.93. The molecule has 1 N–H and O–H groups in total. The molecule has 0 radical (unpaired) electrons. The summed E-state index contributed by atoms with van der Waals surface area (Å²) < 4.78 is 0. The summed E-state index contributed by atoms with van der Waals surface area (Å²) in [6, 6.07) is 2.96. The van der Waals surface area contributed by atoms with Gasteiger partial charge in [0.05, 0.1) is 11.0 Å². The molecule has 0 saturated carbocycles. The fourth-order valence-corrected chi connectivity index (χ4v) is 2.07.